The first-order chi connectivity index (χ1) is 10.7. The number of halogens is 5. The summed E-state index contributed by atoms with van der Waals surface area (Å²) in [5, 5.41) is 0. The number of alkyl halides is 3. The molecule has 2 rings (SSSR count). The van der Waals surface area contributed by atoms with Crippen molar-refractivity contribution in [1.82, 2.24) is 4.90 Å². The van der Waals surface area contributed by atoms with Crippen molar-refractivity contribution in [2.24, 2.45) is 0 Å². The number of hydrogen-bond donors (Lipinski definition) is 0. The van der Waals surface area contributed by atoms with E-state index in [0.717, 1.165) is 19.2 Å². The van der Waals surface area contributed by atoms with E-state index in [1.54, 1.807) is 0 Å². The van der Waals surface area contributed by atoms with Gasteiger partial charge in [-0.1, -0.05) is 0 Å². The van der Waals surface area contributed by atoms with Gasteiger partial charge >= 0.3 is 12.1 Å². The van der Waals surface area contributed by atoms with E-state index in [4.69, 9.17) is 4.74 Å². The van der Waals surface area contributed by atoms with Crippen LogP contribution in [0.3, 0.4) is 0 Å². The number of carbonyl (C=O) groups excluding carboxylic acids is 1. The number of hydrogen-bond acceptors (Lipinski definition) is 4. The number of rotatable bonds is 5. The third-order valence-corrected chi connectivity index (χ3v) is 3.34. The molecule has 1 aliphatic rings. The highest BCUT2D eigenvalue weighted by molar-refractivity contribution is 5.89. The molecule has 23 heavy (non-hydrogen) atoms. The zero-order valence-corrected chi connectivity index (χ0v) is 12.1. The first-order valence-electron chi connectivity index (χ1n) is 6.72. The minimum atomic E-state index is -4.24. The second kappa shape index (κ2) is 6.69. The molecule has 0 N–H and O–H groups in total. The molecule has 1 aliphatic heterocycles. The second-order valence-electron chi connectivity index (χ2n) is 5.13. The molecule has 0 amide bonds. The van der Waals surface area contributed by atoms with E-state index >= 15 is 0 Å². The molecular formula is C14H14F5NO3. The van der Waals surface area contributed by atoms with Gasteiger partial charge in [0.1, 0.15) is 6.10 Å². The van der Waals surface area contributed by atoms with Crippen LogP contribution in [0, 0.1) is 11.6 Å². The van der Waals surface area contributed by atoms with Crippen molar-refractivity contribution in [3.05, 3.63) is 29.3 Å². The molecule has 1 saturated heterocycles. The van der Waals surface area contributed by atoms with Gasteiger partial charge in [-0.05, 0) is 12.1 Å². The van der Waals surface area contributed by atoms with E-state index in [0.29, 0.717) is 0 Å². The summed E-state index contributed by atoms with van der Waals surface area (Å²) < 4.78 is 73.3. The number of carbonyl (C=O) groups is 1. The molecule has 0 spiro atoms. The maximum absolute atomic E-state index is 13.8. The molecule has 128 valence electrons. The molecule has 1 heterocycles. The fraction of sp³-hybridized carbons (Fsp3) is 0.500. The molecule has 0 aliphatic carbocycles. The molecule has 4 nitrogen and oxygen atoms in total. The SMILES string of the molecule is COC(=O)c1cc(F)c(OC2CN(CCC(F)(F)F)C2)c(F)c1. The van der Waals surface area contributed by atoms with Crippen molar-refractivity contribution in [2.75, 3.05) is 26.7 Å². The third-order valence-electron chi connectivity index (χ3n) is 3.34. The van der Waals surface area contributed by atoms with Gasteiger partial charge in [0.05, 0.1) is 19.1 Å². The molecule has 0 unspecified atom stereocenters. The largest absolute Gasteiger partial charge is 0.482 e. The van der Waals surface area contributed by atoms with Crippen molar-refractivity contribution in [3.8, 4) is 5.75 Å². The number of ether oxygens (including phenoxy) is 2. The maximum atomic E-state index is 13.8. The maximum Gasteiger partial charge on any atom is 0.390 e. The van der Waals surface area contributed by atoms with Gasteiger partial charge in [-0.15, -0.1) is 0 Å². The Hall–Kier alpha value is -1.90. The number of nitrogens with zero attached hydrogens (tertiary/aromatic N) is 1. The second-order valence-corrected chi connectivity index (χ2v) is 5.13. The van der Waals surface area contributed by atoms with E-state index in [1.165, 1.54) is 4.90 Å². The van der Waals surface area contributed by atoms with Gasteiger partial charge in [-0.25, -0.2) is 13.6 Å². The van der Waals surface area contributed by atoms with Gasteiger partial charge in [0.25, 0.3) is 0 Å². The predicted octanol–water partition coefficient (Wildman–Crippen LogP) is 2.77. The summed E-state index contributed by atoms with van der Waals surface area (Å²) in [6.07, 6.45) is -5.79. The van der Waals surface area contributed by atoms with E-state index in [2.05, 4.69) is 4.74 Å². The summed E-state index contributed by atoms with van der Waals surface area (Å²) >= 11 is 0. The highest BCUT2D eigenvalue weighted by atomic mass is 19.4. The number of likely N-dealkylation sites (tertiary alicyclic amines) is 1. The average Bonchev–Trinajstić information content (AvgIpc) is 2.41. The molecule has 0 radical (unpaired) electrons. The van der Waals surface area contributed by atoms with Crippen molar-refractivity contribution < 1.29 is 36.2 Å². The van der Waals surface area contributed by atoms with Crippen LogP contribution in [-0.2, 0) is 4.74 Å². The summed E-state index contributed by atoms with van der Waals surface area (Å²) in [4.78, 5) is 12.7. The minimum absolute atomic E-state index is 0.147. The van der Waals surface area contributed by atoms with Crippen molar-refractivity contribution in [3.63, 3.8) is 0 Å². The Balaban J connectivity index is 1.91. The van der Waals surface area contributed by atoms with E-state index in [-0.39, 0.29) is 25.2 Å². The van der Waals surface area contributed by atoms with Crippen molar-refractivity contribution >= 4 is 5.97 Å². The Morgan fingerprint density at radius 1 is 1.26 bits per heavy atom. The summed E-state index contributed by atoms with van der Waals surface area (Å²) in [5.74, 6) is -3.69. The van der Waals surface area contributed by atoms with E-state index in [1.807, 2.05) is 0 Å². The monoisotopic (exact) mass is 339 g/mol. The van der Waals surface area contributed by atoms with Crippen molar-refractivity contribution in [2.45, 2.75) is 18.7 Å². The Morgan fingerprint density at radius 3 is 2.30 bits per heavy atom. The number of esters is 1. The highest BCUT2D eigenvalue weighted by Crippen LogP contribution is 2.28. The normalized spacial score (nSPS) is 16.1. The molecular weight excluding hydrogens is 325 g/mol. The van der Waals surface area contributed by atoms with Gasteiger partial charge < -0.3 is 9.47 Å². The number of benzene rings is 1. The van der Waals surface area contributed by atoms with Crippen LogP contribution in [0.2, 0.25) is 0 Å². The van der Waals surface area contributed by atoms with Crippen LogP contribution in [0.1, 0.15) is 16.8 Å². The summed E-state index contributed by atoms with van der Waals surface area (Å²) in [6, 6.07) is 1.56. The molecule has 0 atom stereocenters. The van der Waals surface area contributed by atoms with Crippen LogP contribution in [-0.4, -0.2) is 49.9 Å². The smallest absolute Gasteiger partial charge is 0.390 e. The third kappa shape index (κ3) is 4.54. The summed E-state index contributed by atoms with van der Waals surface area (Å²) in [5.41, 5.74) is -0.296. The van der Waals surface area contributed by atoms with Gasteiger partial charge in [-0.2, -0.15) is 13.2 Å². The van der Waals surface area contributed by atoms with Crippen LogP contribution in [0.4, 0.5) is 22.0 Å². The van der Waals surface area contributed by atoms with Gasteiger partial charge in [0.15, 0.2) is 17.4 Å². The fourth-order valence-electron chi connectivity index (χ4n) is 2.14. The molecule has 0 bridgehead atoms. The minimum Gasteiger partial charge on any atom is -0.482 e. The Morgan fingerprint density at radius 2 is 1.83 bits per heavy atom. The van der Waals surface area contributed by atoms with Crippen LogP contribution in [0.5, 0.6) is 5.75 Å². The molecule has 1 fully saturated rings. The van der Waals surface area contributed by atoms with Crippen LogP contribution in [0.15, 0.2) is 12.1 Å². The van der Waals surface area contributed by atoms with E-state index < -0.39 is 42.1 Å². The fourth-order valence-corrected chi connectivity index (χ4v) is 2.14. The molecule has 1 aromatic carbocycles. The standard InChI is InChI=1S/C14H14F5NO3/c1-22-13(21)8-4-10(15)12(11(16)5-8)23-9-6-20(7-9)3-2-14(17,18)19/h4-5,9H,2-3,6-7H2,1H3. The van der Waals surface area contributed by atoms with Crippen molar-refractivity contribution in [1.29, 1.82) is 0 Å². The molecule has 9 heteroatoms. The Bertz CT molecular complexity index is 561. The highest BCUT2D eigenvalue weighted by Gasteiger charge is 2.34. The zero-order valence-electron chi connectivity index (χ0n) is 12.1. The van der Waals surface area contributed by atoms with Gasteiger partial charge in [-0.3, -0.25) is 4.90 Å². The molecule has 0 saturated carbocycles. The van der Waals surface area contributed by atoms with Crippen LogP contribution >= 0.6 is 0 Å². The first-order valence-corrected chi connectivity index (χ1v) is 6.72. The average molecular weight is 339 g/mol. The quantitative estimate of drug-likeness (QED) is 0.611. The Labute approximate surface area is 128 Å². The van der Waals surface area contributed by atoms with E-state index in [9.17, 15) is 26.7 Å². The number of methoxy groups -OCH3 is 1. The van der Waals surface area contributed by atoms with Crippen LogP contribution in [0.25, 0.3) is 0 Å². The topological polar surface area (TPSA) is 38.8 Å². The molecule has 1 aromatic rings. The summed E-state index contributed by atoms with van der Waals surface area (Å²) in [6.45, 7) is 0.108. The predicted molar refractivity (Wildman–Crippen MR) is 69.2 cm³/mol. The molecule has 0 aromatic heterocycles. The zero-order chi connectivity index (χ0) is 17.2. The van der Waals surface area contributed by atoms with Gasteiger partial charge in [0.2, 0.25) is 0 Å². The lowest BCUT2D eigenvalue weighted by Gasteiger charge is -2.39. The summed E-state index contributed by atoms with van der Waals surface area (Å²) in [7, 11) is 1.08. The lowest BCUT2D eigenvalue weighted by atomic mass is 10.1. The van der Waals surface area contributed by atoms with Gasteiger partial charge in [0, 0.05) is 19.6 Å². The lowest BCUT2D eigenvalue weighted by Crippen LogP contribution is -2.54. The Kier molecular flexibility index (Phi) is 5.08. The first kappa shape index (κ1) is 17.5. The van der Waals surface area contributed by atoms with Crippen LogP contribution < -0.4 is 4.74 Å². The lowest BCUT2D eigenvalue weighted by molar-refractivity contribution is -0.142.